The first-order valence-corrected chi connectivity index (χ1v) is 6.45. The molecule has 0 aromatic heterocycles. The lowest BCUT2D eigenvalue weighted by atomic mass is 9.82. The van der Waals surface area contributed by atoms with E-state index in [9.17, 15) is 9.90 Å². The summed E-state index contributed by atoms with van der Waals surface area (Å²) in [6.07, 6.45) is -0.999. The number of rotatable bonds is 6. The molecule has 1 N–H and O–H groups in total. The molecule has 5 nitrogen and oxygen atoms in total. The zero-order valence-corrected chi connectivity index (χ0v) is 12.6. The minimum atomic E-state index is -1.05. The average molecular weight is 282 g/mol. The van der Waals surface area contributed by atoms with E-state index in [1.165, 1.54) is 14.2 Å². The van der Waals surface area contributed by atoms with Crippen LogP contribution in [-0.2, 0) is 9.53 Å². The van der Waals surface area contributed by atoms with Crippen molar-refractivity contribution in [1.29, 1.82) is 0 Å². The summed E-state index contributed by atoms with van der Waals surface area (Å²) in [6, 6.07) is 5.05. The Morgan fingerprint density at radius 1 is 1.25 bits per heavy atom. The van der Waals surface area contributed by atoms with Crippen molar-refractivity contribution in [2.24, 2.45) is 5.41 Å². The Morgan fingerprint density at radius 2 is 1.85 bits per heavy atom. The summed E-state index contributed by atoms with van der Waals surface area (Å²) in [5.41, 5.74) is -0.476. The highest BCUT2D eigenvalue weighted by Gasteiger charge is 2.38. The number of hydrogen-bond acceptors (Lipinski definition) is 5. The van der Waals surface area contributed by atoms with Crippen LogP contribution in [0.5, 0.6) is 11.5 Å². The highest BCUT2D eigenvalue weighted by molar-refractivity contribution is 5.77. The number of aliphatic hydroxyl groups excluding tert-OH is 1. The van der Waals surface area contributed by atoms with Crippen LogP contribution in [0, 0.1) is 5.41 Å². The molecule has 112 valence electrons. The van der Waals surface area contributed by atoms with E-state index in [1.807, 2.05) is 0 Å². The summed E-state index contributed by atoms with van der Waals surface area (Å²) >= 11 is 0. The van der Waals surface area contributed by atoms with Crippen molar-refractivity contribution in [2.75, 3.05) is 20.8 Å². The highest BCUT2D eigenvalue weighted by atomic mass is 16.5. The van der Waals surface area contributed by atoms with Crippen molar-refractivity contribution in [3.05, 3.63) is 23.8 Å². The van der Waals surface area contributed by atoms with Crippen molar-refractivity contribution in [3.63, 3.8) is 0 Å². The van der Waals surface area contributed by atoms with Gasteiger partial charge in [-0.3, -0.25) is 4.79 Å². The Balaban J connectivity index is 3.08. The number of carbonyl (C=O) groups is 1. The van der Waals surface area contributed by atoms with Gasteiger partial charge in [0, 0.05) is 0 Å². The van der Waals surface area contributed by atoms with Crippen LogP contribution in [0.4, 0.5) is 0 Å². The number of esters is 1. The molecular formula is C15H22O5. The molecule has 0 amide bonds. The Labute approximate surface area is 119 Å². The van der Waals surface area contributed by atoms with Crippen LogP contribution in [0.1, 0.15) is 32.4 Å². The monoisotopic (exact) mass is 282 g/mol. The Morgan fingerprint density at radius 3 is 2.35 bits per heavy atom. The Bertz CT molecular complexity index is 467. The smallest absolute Gasteiger partial charge is 0.314 e. The number of hydrogen-bond donors (Lipinski definition) is 1. The van der Waals surface area contributed by atoms with Gasteiger partial charge >= 0.3 is 5.97 Å². The van der Waals surface area contributed by atoms with E-state index in [1.54, 1.807) is 39.0 Å². The van der Waals surface area contributed by atoms with Gasteiger partial charge in [0.15, 0.2) is 11.5 Å². The van der Waals surface area contributed by atoms with Gasteiger partial charge in [0.25, 0.3) is 0 Å². The van der Waals surface area contributed by atoms with Crippen LogP contribution in [0.25, 0.3) is 0 Å². The van der Waals surface area contributed by atoms with Crippen LogP contribution in [0.3, 0.4) is 0 Å². The van der Waals surface area contributed by atoms with Gasteiger partial charge in [-0.2, -0.15) is 0 Å². The summed E-state index contributed by atoms with van der Waals surface area (Å²) in [5.74, 6) is 0.628. The molecule has 1 rings (SSSR count). The molecule has 5 heteroatoms. The van der Waals surface area contributed by atoms with E-state index >= 15 is 0 Å². The maximum atomic E-state index is 11.9. The van der Waals surface area contributed by atoms with Gasteiger partial charge in [-0.25, -0.2) is 0 Å². The van der Waals surface area contributed by atoms with Gasteiger partial charge in [-0.15, -0.1) is 0 Å². The van der Waals surface area contributed by atoms with Crippen LogP contribution >= 0.6 is 0 Å². The summed E-state index contributed by atoms with van der Waals surface area (Å²) in [4.78, 5) is 11.9. The molecule has 0 aliphatic rings. The van der Waals surface area contributed by atoms with Crippen LogP contribution in [0.15, 0.2) is 18.2 Å². The van der Waals surface area contributed by atoms with Crippen molar-refractivity contribution >= 4 is 5.97 Å². The number of methoxy groups -OCH3 is 2. The number of aliphatic hydroxyl groups is 1. The second kappa shape index (κ2) is 6.61. The average Bonchev–Trinajstić information content (AvgIpc) is 2.45. The predicted octanol–water partition coefficient (Wildman–Crippen LogP) is 2.33. The minimum absolute atomic E-state index is 0.279. The molecule has 0 bridgehead atoms. The Hall–Kier alpha value is -1.75. The zero-order valence-electron chi connectivity index (χ0n) is 12.6. The van der Waals surface area contributed by atoms with Crippen LogP contribution < -0.4 is 9.47 Å². The predicted molar refractivity (Wildman–Crippen MR) is 74.9 cm³/mol. The molecule has 1 aromatic carbocycles. The first kappa shape index (κ1) is 16.3. The maximum Gasteiger partial charge on any atom is 0.314 e. The molecule has 1 aromatic rings. The standard InChI is InChI=1S/C15H22O5/c1-6-20-14(17)15(2,3)13(16)10-7-8-11(18-4)12(9-10)19-5/h7-9,13,16H,6H2,1-5H3. The molecule has 0 spiro atoms. The third-order valence-electron chi connectivity index (χ3n) is 3.21. The number of ether oxygens (including phenoxy) is 3. The summed E-state index contributed by atoms with van der Waals surface area (Å²) < 4.78 is 15.3. The largest absolute Gasteiger partial charge is 0.493 e. The molecule has 20 heavy (non-hydrogen) atoms. The van der Waals surface area contributed by atoms with Crippen molar-refractivity contribution < 1.29 is 24.1 Å². The lowest BCUT2D eigenvalue weighted by Gasteiger charge is -2.28. The maximum absolute atomic E-state index is 11.9. The molecule has 1 atom stereocenters. The van der Waals surface area contributed by atoms with Crippen molar-refractivity contribution in [1.82, 2.24) is 0 Å². The van der Waals surface area contributed by atoms with Gasteiger partial charge in [-0.05, 0) is 38.5 Å². The zero-order chi connectivity index (χ0) is 15.3. The van der Waals surface area contributed by atoms with E-state index in [2.05, 4.69) is 0 Å². The SMILES string of the molecule is CCOC(=O)C(C)(C)C(O)c1ccc(OC)c(OC)c1. The third kappa shape index (κ3) is 3.22. The van der Waals surface area contributed by atoms with Gasteiger partial charge in [0.05, 0.1) is 32.3 Å². The van der Waals surface area contributed by atoms with E-state index in [0.29, 0.717) is 17.1 Å². The topological polar surface area (TPSA) is 65.0 Å². The first-order valence-electron chi connectivity index (χ1n) is 6.45. The van der Waals surface area contributed by atoms with Crippen LogP contribution in [0.2, 0.25) is 0 Å². The molecule has 0 radical (unpaired) electrons. The number of carbonyl (C=O) groups excluding carboxylic acids is 1. The minimum Gasteiger partial charge on any atom is -0.493 e. The third-order valence-corrected chi connectivity index (χ3v) is 3.21. The van der Waals surface area contributed by atoms with E-state index in [4.69, 9.17) is 14.2 Å². The summed E-state index contributed by atoms with van der Waals surface area (Å²) in [6.45, 7) is 5.30. The molecule has 0 saturated heterocycles. The molecule has 0 fully saturated rings. The van der Waals surface area contributed by atoms with Gasteiger partial charge in [0.1, 0.15) is 0 Å². The van der Waals surface area contributed by atoms with Gasteiger partial charge in [-0.1, -0.05) is 6.07 Å². The molecule has 0 aliphatic carbocycles. The lowest BCUT2D eigenvalue weighted by molar-refractivity contribution is -0.160. The van der Waals surface area contributed by atoms with E-state index < -0.39 is 17.5 Å². The Kier molecular flexibility index (Phi) is 5.39. The quantitative estimate of drug-likeness (QED) is 0.811. The van der Waals surface area contributed by atoms with Crippen LogP contribution in [-0.4, -0.2) is 31.9 Å². The second-order valence-electron chi connectivity index (χ2n) is 4.96. The molecule has 1 unspecified atom stereocenters. The van der Waals surface area contributed by atoms with E-state index in [0.717, 1.165) is 0 Å². The lowest BCUT2D eigenvalue weighted by Crippen LogP contribution is -2.33. The fourth-order valence-corrected chi connectivity index (χ4v) is 1.87. The fraction of sp³-hybridized carbons (Fsp3) is 0.533. The summed E-state index contributed by atoms with van der Waals surface area (Å²) in [5, 5.41) is 10.4. The van der Waals surface area contributed by atoms with Gasteiger partial charge in [0.2, 0.25) is 0 Å². The molecule has 0 aliphatic heterocycles. The first-order chi connectivity index (χ1) is 9.38. The number of benzene rings is 1. The highest BCUT2D eigenvalue weighted by Crippen LogP contribution is 2.38. The fourth-order valence-electron chi connectivity index (χ4n) is 1.87. The molecular weight excluding hydrogens is 260 g/mol. The molecule has 0 saturated carbocycles. The van der Waals surface area contributed by atoms with Gasteiger partial charge < -0.3 is 19.3 Å². The van der Waals surface area contributed by atoms with E-state index in [-0.39, 0.29) is 6.61 Å². The normalized spacial score (nSPS) is 12.7. The summed E-state index contributed by atoms with van der Waals surface area (Å²) in [7, 11) is 3.06. The van der Waals surface area contributed by atoms with Crippen molar-refractivity contribution in [2.45, 2.75) is 26.9 Å². The second-order valence-corrected chi connectivity index (χ2v) is 4.96. The molecule has 0 heterocycles. The van der Waals surface area contributed by atoms with Crippen molar-refractivity contribution in [3.8, 4) is 11.5 Å².